The second-order valence-electron chi connectivity index (χ2n) is 10.1. The summed E-state index contributed by atoms with van der Waals surface area (Å²) in [4.78, 5) is 24.6. The molecule has 10 nitrogen and oxygen atoms in total. The van der Waals surface area contributed by atoms with Gasteiger partial charge in [0.2, 0.25) is 11.5 Å². The van der Waals surface area contributed by atoms with Gasteiger partial charge in [0.1, 0.15) is 0 Å². The SMILES string of the molecule is CC(C)(C)[Si](C)(C)O[C@@H]1CCCN(c2nc3nc(N4CCOCC4)oc3cc2[N+](=O)[O-])C1. The van der Waals surface area contributed by atoms with Gasteiger partial charge in [-0.15, -0.1) is 0 Å². The van der Waals surface area contributed by atoms with Crippen LogP contribution in [0.15, 0.2) is 10.5 Å². The van der Waals surface area contributed by atoms with E-state index in [-0.39, 0.29) is 16.8 Å². The second-order valence-corrected chi connectivity index (χ2v) is 14.9. The molecule has 0 spiro atoms. The minimum absolute atomic E-state index is 0.0305. The lowest BCUT2D eigenvalue weighted by molar-refractivity contribution is -0.384. The third-order valence-electron chi connectivity index (χ3n) is 6.76. The van der Waals surface area contributed by atoms with Crippen molar-refractivity contribution in [2.45, 2.75) is 57.8 Å². The van der Waals surface area contributed by atoms with Crippen LogP contribution in [0.4, 0.5) is 17.5 Å². The summed E-state index contributed by atoms with van der Waals surface area (Å²) < 4.78 is 17.8. The Morgan fingerprint density at radius 1 is 1.19 bits per heavy atom. The zero-order chi connectivity index (χ0) is 23.1. The molecule has 2 aliphatic heterocycles. The second kappa shape index (κ2) is 8.60. The number of nitro groups is 1. The highest BCUT2D eigenvalue weighted by atomic mass is 28.4. The molecule has 32 heavy (non-hydrogen) atoms. The Morgan fingerprint density at radius 3 is 2.56 bits per heavy atom. The first-order valence-electron chi connectivity index (χ1n) is 11.3. The summed E-state index contributed by atoms with van der Waals surface area (Å²) in [5, 5.41) is 12.0. The van der Waals surface area contributed by atoms with E-state index in [4.69, 9.17) is 13.6 Å². The largest absolute Gasteiger partial charge is 0.421 e. The third-order valence-corrected chi connectivity index (χ3v) is 11.3. The van der Waals surface area contributed by atoms with Gasteiger partial charge < -0.3 is 23.4 Å². The summed E-state index contributed by atoms with van der Waals surface area (Å²) in [5.41, 5.74) is 0.655. The fourth-order valence-corrected chi connectivity index (χ4v) is 5.29. The Labute approximate surface area is 189 Å². The van der Waals surface area contributed by atoms with Crippen molar-refractivity contribution in [1.29, 1.82) is 0 Å². The molecule has 0 unspecified atom stereocenters. The molecule has 176 valence electrons. The van der Waals surface area contributed by atoms with Crippen LogP contribution in [0.3, 0.4) is 0 Å². The molecule has 2 aromatic heterocycles. The number of anilines is 2. The average Bonchev–Trinajstić information content (AvgIpc) is 3.15. The lowest BCUT2D eigenvalue weighted by Crippen LogP contribution is -2.49. The van der Waals surface area contributed by atoms with Crippen molar-refractivity contribution >= 4 is 37.1 Å². The van der Waals surface area contributed by atoms with E-state index in [0.29, 0.717) is 62.5 Å². The number of morpholine rings is 1. The van der Waals surface area contributed by atoms with E-state index < -0.39 is 13.2 Å². The van der Waals surface area contributed by atoms with Crippen LogP contribution in [-0.2, 0) is 9.16 Å². The van der Waals surface area contributed by atoms with Crippen molar-refractivity contribution in [3.8, 4) is 0 Å². The quantitative estimate of drug-likeness (QED) is 0.370. The van der Waals surface area contributed by atoms with Crippen LogP contribution in [0.5, 0.6) is 0 Å². The number of oxazole rings is 1. The van der Waals surface area contributed by atoms with Gasteiger partial charge >= 0.3 is 5.69 Å². The van der Waals surface area contributed by atoms with E-state index >= 15 is 0 Å². The Balaban J connectivity index is 1.61. The monoisotopic (exact) mass is 463 g/mol. The molecule has 0 bridgehead atoms. The number of hydrogen-bond donors (Lipinski definition) is 0. The highest BCUT2D eigenvalue weighted by Gasteiger charge is 2.40. The Morgan fingerprint density at radius 2 is 1.91 bits per heavy atom. The van der Waals surface area contributed by atoms with Gasteiger partial charge in [0.05, 0.1) is 30.3 Å². The van der Waals surface area contributed by atoms with Gasteiger partial charge in [0.25, 0.3) is 6.01 Å². The maximum Gasteiger partial charge on any atom is 0.315 e. The van der Waals surface area contributed by atoms with Gasteiger partial charge in [-0.1, -0.05) is 20.8 Å². The zero-order valence-corrected chi connectivity index (χ0v) is 20.6. The molecule has 4 rings (SSSR count). The molecule has 2 fully saturated rings. The molecule has 2 aromatic rings. The van der Waals surface area contributed by atoms with Crippen molar-refractivity contribution in [1.82, 2.24) is 9.97 Å². The molecule has 11 heteroatoms. The zero-order valence-electron chi connectivity index (χ0n) is 19.6. The highest BCUT2D eigenvalue weighted by Crippen LogP contribution is 2.39. The number of pyridine rings is 1. The molecule has 2 aliphatic rings. The maximum atomic E-state index is 11.9. The van der Waals surface area contributed by atoms with Crippen LogP contribution >= 0.6 is 0 Å². The van der Waals surface area contributed by atoms with E-state index in [9.17, 15) is 10.1 Å². The summed E-state index contributed by atoms with van der Waals surface area (Å²) in [7, 11) is -1.94. The van der Waals surface area contributed by atoms with Crippen molar-refractivity contribution in [3.05, 3.63) is 16.2 Å². The molecule has 0 saturated carbocycles. The van der Waals surface area contributed by atoms with Crippen LogP contribution in [0.2, 0.25) is 18.1 Å². The molecule has 0 radical (unpaired) electrons. The van der Waals surface area contributed by atoms with Crippen molar-refractivity contribution < 1.29 is 18.5 Å². The topological polar surface area (TPSA) is 107 Å². The number of fused-ring (bicyclic) bond motifs is 1. The molecule has 1 atom stereocenters. The number of ether oxygens (including phenoxy) is 1. The first kappa shape index (κ1) is 22.9. The normalized spacial score (nSPS) is 20.7. The van der Waals surface area contributed by atoms with Crippen molar-refractivity contribution in [3.63, 3.8) is 0 Å². The first-order valence-corrected chi connectivity index (χ1v) is 14.2. The first-order chi connectivity index (χ1) is 15.0. The van der Waals surface area contributed by atoms with E-state index in [1.165, 1.54) is 6.07 Å². The number of aromatic nitrogens is 2. The van der Waals surface area contributed by atoms with E-state index in [2.05, 4.69) is 43.8 Å². The lowest BCUT2D eigenvalue weighted by Gasteiger charge is -2.42. The smallest absolute Gasteiger partial charge is 0.315 e. The lowest BCUT2D eigenvalue weighted by atomic mass is 10.1. The number of hydrogen-bond acceptors (Lipinski definition) is 9. The van der Waals surface area contributed by atoms with Crippen LogP contribution in [0, 0.1) is 10.1 Å². The summed E-state index contributed by atoms with van der Waals surface area (Å²) in [6, 6.07) is 1.88. The molecule has 0 aromatic carbocycles. The summed E-state index contributed by atoms with van der Waals surface area (Å²) in [6.45, 7) is 14.9. The predicted molar refractivity (Wildman–Crippen MR) is 125 cm³/mol. The summed E-state index contributed by atoms with van der Waals surface area (Å²) >= 11 is 0. The van der Waals surface area contributed by atoms with Gasteiger partial charge in [-0.2, -0.15) is 4.98 Å². The number of nitrogens with zero attached hydrogens (tertiary/aromatic N) is 5. The molecular formula is C21H33N5O5Si. The molecule has 2 saturated heterocycles. The minimum Gasteiger partial charge on any atom is -0.421 e. The fraction of sp³-hybridized carbons (Fsp3) is 0.714. The Kier molecular flexibility index (Phi) is 6.16. The van der Waals surface area contributed by atoms with E-state index in [1.807, 2.05) is 9.80 Å². The van der Waals surface area contributed by atoms with E-state index in [1.54, 1.807) is 0 Å². The predicted octanol–water partition coefficient (Wildman–Crippen LogP) is 3.96. The van der Waals surface area contributed by atoms with E-state index in [0.717, 1.165) is 12.8 Å². The van der Waals surface area contributed by atoms with Gasteiger partial charge in [0.15, 0.2) is 13.9 Å². The van der Waals surface area contributed by atoms with Gasteiger partial charge in [-0.05, 0) is 31.0 Å². The van der Waals surface area contributed by atoms with Crippen LogP contribution in [-0.4, -0.2) is 68.7 Å². The molecule has 4 heterocycles. The summed E-state index contributed by atoms with van der Waals surface area (Å²) in [6.07, 6.45) is 1.88. The molecular weight excluding hydrogens is 430 g/mol. The number of rotatable bonds is 5. The molecule has 0 N–H and O–H groups in total. The Hall–Kier alpha value is -2.24. The van der Waals surface area contributed by atoms with Crippen LogP contribution in [0.25, 0.3) is 11.2 Å². The average molecular weight is 464 g/mol. The van der Waals surface area contributed by atoms with Gasteiger partial charge in [-0.3, -0.25) is 10.1 Å². The standard InChI is InChI=1S/C21H33N5O5Si/c1-21(2,3)32(4,5)31-15-7-6-8-25(14-15)19-16(26(27)28)13-17-18(22-19)23-20(30-17)24-9-11-29-12-10-24/h13,15H,6-12,14H2,1-5H3/t15-/m1/s1. The fourth-order valence-electron chi connectivity index (χ4n) is 3.91. The van der Waals surface area contributed by atoms with Crippen molar-refractivity contribution in [2.75, 3.05) is 49.2 Å². The number of piperidine rings is 1. The van der Waals surface area contributed by atoms with Gasteiger partial charge in [-0.25, -0.2) is 4.98 Å². The third kappa shape index (κ3) is 4.60. The van der Waals surface area contributed by atoms with Crippen molar-refractivity contribution in [2.24, 2.45) is 0 Å². The Bertz CT molecular complexity index is 983. The minimum atomic E-state index is -1.94. The van der Waals surface area contributed by atoms with Crippen LogP contribution in [0.1, 0.15) is 33.6 Å². The summed E-state index contributed by atoms with van der Waals surface area (Å²) in [5.74, 6) is 0.341. The van der Waals surface area contributed by atoms with Crippen LogP contribution < -0.4 is 9.80 Å². The molecule has 0 aliphatic carbocycles. The highest BCUT2D eigenvalue weighted by molar-refractivity contribution is 6.74. The van der Waals surface area contributed by atoms with Gasteiger partial charge in [0, 0.05) is 26.2 Å². The maximum absolute atomic E-state index is 11.9. The molecule has 0 amide bonds.